The lowest BCUT2D eigenvalue weighted by Gasteiger charge is -2.63. The van der Waals surface area contributed by atoms with Crippen LogP contribution in [-0.4, -0.2) is 96.9 Å². The maximum absolute atomic E-state index is 13.5. The number of nitrogens with zero attached hydrogens (tertiary/aromatic N) is 5. The number of carbonyl (C=O) groups is 3. The van der Waals surface area contributed by atoms with Gasteiger partial charge in [0, 0.05) is 79.4 Å². The highest BCUT2D eigenvalue weighted by molar-refractivity contribution is 6.31. The van der Waals surface area contributed by atoms with Crippen LogP contribution in [0.2, 0.25) is 5.02 Å². The predicted molar refractivity (Wildman–Crippen MR) is 222 cm³/mol. The van der Waals surface area contributed by atoms with Gasteiger partial charge in [-0.3, -0.25) is 34.0 Å². The third-order valence-electron chi connectivity index (χ3n) is 11.9. The molecule has 0 bridgehead atoms. The lowest BCUT2D eigenvalue weighted by atomic mass is 9.49. The molecule has 1 saturated carbocycles. The highest BCUT2D eigenvalue weighted by Crippen LogP contribution is 2.55. The zero-order chi connectivity index (χ0) is 41.9. The van der Waals surface area contributed by atoms with E-state index in [-0.39, 0.29) is 59.8 Å². The number of piperidine rings is 1. The van der Waals surface area contributed by atoms with Crippen molar-refractivity contribution in [2.24, 2.45) is 10.8 Å². The Kier molecular flexibility index (Phi) is 12.4. The minimum atomic E-state index is -0.778. The Hall–Kier alpha value is -5.33. The number of amides is 3. The van der Waals surface area contributed by atoms with Crippen molar-refractivity contribution in [1.82, 2.24) is 25.1 Å². The van der Waals surface area contributed by atoms with Gasteiger partial charge in [-0.2, -0.15) is 5.26 Å². The van der Waals surface area contributed by atoms with Gasteiger partial charge in [0.2, 0.25) is 11.8 Å². The van der Waals surface area contributed by atoms with Gasteiger partial charge in [0.05, 0.1) is 42.6 Å². The lowest BCUT2D eigenvalue weighted by Crippen LogP contribution is -2.74. The van der Waals surface area contributed by atoms with Crippen LogP contribution >= 0.6 is 11.6 Å². The molecule has 15 heteroatoms. The molecule has 1 aliphatic carbocycles. The topological polar surface area (TPSA) is 168 Å². The number of carbonyl (C=O) groups excluding carboxylic acids is 3. The normalized spacial score (nSPS) is 21.4. The first kappa shape index (κ1) is 41.8. The fourth-order valence-corrected chi connectivity index (χ4v) is 9.23. The van der Waals surface area contributed by atoms with Gasteiger partial charge in [-0.05, 0) is 48.2 Å². The standard InChI is InChI=1S/C44H50ClN7O7/c1-43(2)41(44(3,4)42(43)59-32-11-9-29(25-46)34(45)24-32)49-38(54)30-10-13-36(47-26-30)51-17-15-50(16-18-51)19-20-57-21-22-58-27-31-23-28-7-5-6-8-33(28)40(56)52(31)35-12-14-37(53)48-39(35)55/h5-11,13,23-24,26,35,41-42H,12,14-22,27H2,1-4H3,(H,49,54)(H,48,53,55)/t35-,41?,42?/m1/s1. The summed E-state index contributed by atoms with van der Waals surface area (Å²) in [6.07, 6.45) is 1.85. The summed E-state index contributed by atoms with van der Waals surface area (Å²) in [7, 11) is 0. The number of ether oxygens (including phenoxy) is 3. The highest BCUT2D eigenvalue weighted by atomic mass is 35.5. The Labute approximate surface area is 348 Å². The summed E-state index contributed by atoms with van der Waals surface area (Å²) < 4.78 is 19.6. The smallest absolute Gasteiger partial charge is 0.259 e. The van der Waals surface area contributed by atoms with E-state index in [2.05, 4.69) is 59.2 Å². The van der Waals surface area contributed by atoms with Crippen molar-refractivity contribution in [2.75, 3.05) is 57.4 Å². The Morgan fingerprint density at radius 1 is 0.966 bits per heavy atom. The molecule has 59 heavy (non-hydrogen) atoms. The number of benzene rings is 2. The van der Waals surface area contributed by atoms with E-state index in [1.165, 1.54) is 4.57 Å². The second-order valence-electron chi connectivity index (χ2n) is 16.6. The van der Waals surface area contributed by atoms with Gasteiger partial charge in [-0.25, -0.2) is 4.98 Å². The van der Waals surface area contributed by atoms with Crippen LogP contribution in [-0.2, 0) is 25.7 Å². The number of nitrogens with one attached hydrogen (secondary N) is 2. The molecule has 2 aromatic carbocycles. The number of anilines is 1. The molecule has 2 saturated heterocycles. The quantitative estimate of drug-likeness (QED) is 0.132. The van der Waals surface area contributed by atoms with Crippen LogP contribution in [0.4, 0.5) is 5.82 Å². The van der Waals surface area contributed by atoms with Crippen molar-refractivity contribution >= 4 is 45.9 Å². The number of nitriles is 1. The van der Waals surface area contributed by atoms with Crippen molar-refractivity contribution in [3.8, 4) is 11.8 Å². The fraction of sp³-hybridized carbons (Fsp3) is 0.455. The van der Waals surface area contributed by atoms with Gasteiger partial charge in [0.1, 0.15) is 29.8 Å². The van der Waals surface area contributed by atoms with Crippen LogP contribution in [0.5, 0.6) is 5.75 Å². The summed E-state index contributed by atoms with van der Waals surface area (Å²) in [6.45, 7) is 13.7. The van der Waals surface area contributed by atoms with Crippen molar-refractivity contribution < 1.29 is 28.6 Å². The van der Waals surface area contributed by atoms with E-state index < -0.39 is 11.9 Å². The molecule has 3 aliphatic rings. The number of rotatable bonds is 14. The predicted octanol–water partition coefficient (Wildman–Crippen LogP) is 4.87. The monoisotopic (exact) mass is 823 g/mol. The molecular weight excluding hydrogens is 774 g/mol. The van der Waals surface area contributed by atoms with Gasteiger partial charge >= 0.3 is 0 Å². The minimum Gasteiger partial charge on any atom is -0.489 e. The molecule has 2 aliphatic heterocycles. The number of fused-ring (bicyclic) bond motifs is 1. The average Bonchev–Trinajstić information content (AvgIpc) is 3.22. The van der Waals surface area contributed by atoms with E-state index in [4.69, 9.17) is 25.8 Å². The number of imide groups is 1. The van der Waals surface area contributed by atoms with E-state index in [9.17, 15) is 24.4 Å². The molecule has 14 nitrogen and oxygen atoms in total. The molecule has 310 valence electrons. The first-order valence-corrected chi connectivity index (χ1v) is 20.4. The van der Waals surface area contributed by atoms with Crippen LogP contribution in [0.3, 0.4) is 0 Å². The van der Waals surface area contributed by atoms with E-state index in [0.29, 0.717) is 52.8 Å². The molecule has 3 amide bonds. The van der Waals surface area contributed by atoms with Gasteiger partial charge in [-0.15, -0.1) is 0 Å². The number of halogens is 1. The highest BCUT2D eigenvalue weighted by Gasteiger charge is 2.64. The first-order valence-electron chi connectivity index (χ1n) is 20.0. The molecule has 4 aromatic rings. The number of piperazine rings is 1. The zero-order valence-corrected chi connectivity index (χ0v) is 34.6. The Morgan fingerprint density at radius 2 is 1.71 bits per heavy atom. The van der Waals surface area contributed by atoms with Crippen LogP contribution in [0.25, 0.3) is 10.8 Å². The molecule has 0 unspecified atom stereocenters. The van der Waals surface area contributed by atoms with Crippen LogP contribution in [0.15, 0.2) is 71.7 Å². The second-order valence-corrected chi connectivity index (χ2v) is 17.0. The molecule has 0 spiro atoms. The molecule has 7 rings (SSSR count). The summed E-state index contributed by atoms with van der Waals surface area (Å²) in [5.41, 5.74) is 0.419. The van der Waals surface area contributed by atoms with Crippen LogP contribution in [0.1, 0.15) is 68.2 Å². The summed E-state index contributed by atoms with van der Waals surface area (Å²) in [5, 5.41) is 16.4. The third kappa shape index (κ3) is 8.84. The van der Waals surface area contributed by atoms with Crippen molar-refractivity contribution in [1.29, 1.82) is 5.26 Å². The number of hydrogen-bond acceptors (Lipinski definition) is 11. The van der Waals surface area contributed by atoms with Gasteiger partial charge < -0.3 is 24.4 Å². The summed E-state index contributed by atoms with van der Waals surface area (Å²) >= 11 is 6.24. The van der Waals surface area contributed by atoms with Crippen LogP contribution in [0, 0.1) is 22.2 Å². The number of aromatic nitrogens is 2. The number of pyridine rings is 2. The summed E-state index contributed by atoms with van der Waals surface area (Å²) in [4.78, 5) is 60.5. The Balaban J connectivity index is 0.827. The minimum absolute atomic E-state index is 0.119. The van der Waals surface area contributed by atoms with E-state index in [1.807, 2.05) is 30.3 Å². The molecule has 1 atom stereocenters. The molecule has 2 N–H and O–H groups in total. The van der Waals surface area contributed by atoms with E-state index in [1.54, 1.807) is 36.5 Å². The summed E-state index contributed by atoms with van der Waals surface area (Å²) in [6, 6.07) is 19.0. The third-order valence-corrected chi connectivity index (χ3v) is 12.2. The van der Waals surface area contributed by atoms with Crippen molar-refractivity contribution in [3.05, 3.63) is 99.1 Å². The number of hydrogen-bond donors (Lipinski definition) is 2. The molecule has 0 radical (unpaired) electrons. The van der Waals surface area contributed by atoms with Crippen molar-refractivity contribution in [2.45, 2.75) is 65.3 Å². The first-order chi connectivity index (χ1) is 28.3. The fourth-order valence-electron chi connectivity index (χ4n) is 9.02. The Morgan fingerprint density at radius 3 is 2.41 bits per heavy atom. The molecule has 3 fully saturated rings. The SMILES string of the molecule is CC1(C)C(NC(=O)c2ccc(N3CCN(CCOCCOCc4cc5ccccc5c(=O)n4[C@@H]4CCC(=O)NC4=O)CC3)nc2)C(C)(C)C1Oc1ccc(C#N)c(Cl)c1. The average molecular weight is 824 g/mol. The molecule has 2 aromatic heterocycles. The van der Waals surface area contributed by atoms with Gasteiger partial charge in [-0.1, -0.05) is 57.5 Å². The summed E-state index contributed by atoms with van der Waals surface area (Å²) in [5.74, 6) is 0.401. The largest absolute Gasteiger partial charge is 0.489 e. The molecular formula is C44H50ClN7O7. The Bertz CT molecular complexity index is 2300. The van der Waals surface area contributed by atoms with Crippen LogP contribution < -0.4 is 25.8 Å². The molecule has 4 heterocycles. The van der Waals surface area contributed by atoms with E-state index in [0.717, 1.165) is 43.9 Å². The van der Waals surface area contributed by atoms with Gasteiger partial charge in [0.25, 0.3) is 11.5 Å². The van der Waals surface area contributed by atoms with Crippen molar-refractivity contribution in [3.63, 3.8) is 0 Å². The van der Waals surface area contributed by atoms with E-state index >= 15 is 0 Å². The van der Waals surface area contributed by atoms with Gasteiger partial charge in [0.15, 0.2) is 0 Å². The lowest BCUT2D eigenvalue weighted by molar-refractivity contribution is -0.164. The maximum atomic E-state index is 13.5. The zero-order valence-electron chi connectivity index (χ0n) is 33.8. The maximum Gasteiger partial charge on any atom is 0.259 e. The second kappa shape index (κ2) is 17.5.